The van der Waals surface area contributed by atoms with E-state index in [0.717, 1.165) is 22.7 Å². The third kappa shape index (κ3) is 4.58. The van der Waals surface area contributed by atoms with Crippen molar-refractivity contribution in [3.8, 4) is 0 Å². The number of anilines is 1. The van der Waals surface area contributed by atoms with Crippen LogP contribution in [0.25, 0.3) is 11.0 Å². The predicted molar refractivity (Wildman–Crippen MR) is 108 cm³/mol. The van der Waals surface area contributed by atoms with Crippen LogP contribution in [-0.2, 0) is 10.0 Å². The molecule has 0 atom stereocenters. The number of sulfonamides is 1. The number of nitrogens with one attached hydrogen (secondary N) is 2. The number of hydrogen-bond acceptors (Lipinski definition) is 4. The second-order valence-electron chi connectivity index (χ2n) is 6.00. The molecule has 0 spiro atoms. The predicted octanol–water partition coefficient (Wildman–Crippen LogP) is 4.53. The van der Waals surface area contributed by atoms with Gasteiger partial charge in [0.25, 0.3) is 5.91 Å². The first-order valence-electron chi connectivity index (χ1n) is 8.50. The lowest BCUT2D eigenvalue weighted by Gasteiger charge is -2.08. The van der Waals surface area contributed by atoms with Gasteiger partial charge in [0.05, 0.1) is 9.37 Å². The molecule has 27 heavy (non-hydrogen) atoms. The summed E-state index contributed by atoms with van der Waals surface area (Å²) in [6.07, 6.45) is 1.66. The number of para-hydroxylation sites is 1. The van der Waals surface area contributed by atoms with Crippen molar-refractivity contribution >= 4 is 48.5 Å². The Morgan fingerprint density at radius 3 is 2.67 bits per heavy atom. The van der Waals surface area contributed by atoms with Crippen LogP contribution in [0.4, 0.5) is 5.69 Å². The highest BCUT2D eigenvalue weighted by Crippen LogP contribution is 2.27. The normalized spacial score (nSPS) is 11.6. The van der Waals surface area contributed by atoms with Crippen molar-refractivity contribution in [3.05, 3.63) is 58.8 Å². The van der Waals surface area contributed by atoms with Crippen LogP contribution in [0.5, 0.6) is 0 Å². The number of hydrogen-bond donors (Lipinski definition) is 2. The molecule has 0 saturated carbocycles. The summed E-state index contributed by atoms with van der Waals surface area (Å²) in [6.45, 7) is 2.37. The molecular weight excluding hydrogens is 432 g/mol. The Morgan fingerprint density at radius 1 is 1.15 bits per heavy atom. The topological polar surface area (TPSA) is 88.4 Å². The maximum atomic E-state index is 12.5. The van der Waals surface area contributed by atoms with E-state index in [4.69, 9.17) is 4.42 Å². The molecule has 0 aliphatic heterocycles. The second kappa shape index (κ2) is 8.24. The van der Waals surface area contributed by atoms with Gasteiger partial charge in [-0.2, -0.15) is 0 Å². The van der Waals surface area contributed by atoms with E-state index in [1.807, 2.05) is 25.1 Å². The number of furan rings is 1. The maximum Gasteiger partial charge on any atom is 0.291 e. The van der Waals surface area contributed by atoms with E-state index in [9.17, 15) is 13.2 Å². The summed E-state index contributed by atoms with van der Waals surface area (Å²) < 4.78 is 33.6. The Bertz CT molecular complexity index is 1080. The molecule has 1 amide bonds. The summed E-state index contributed by atoms with van der Waals surface area (Å²) in [4.78, 5) is 12.6. The van der Waals surface area contributed by atoms with Crippen molar-refractivity contribution in [2.75, 3.05) is 11.9 Å². The lowest BCUT2D eigenvalue weighted by molar-refractivity contribution is 0.0998. The van der Waals surface area contributed by atoms with Crippen molar-refractivity contribution in [2.45, 2.75) is 24.7 Å². The molecule has 0 fully saturated rings. The van der Waals surface area contributed by atoms with Gasteiger partial charge in [-0.1, -0.05) is 31.5 Å². The summed E-state index contributed by atoms with van der Waals surface area (Å²) in [6, 6.07) is 13.3. The molecule has 0 aliphatic carbocycles. The van der Waals surface area contributed by atoms with Gasteiger partial charge in [-0.3, -0.25) is 4.79 Å². The standard InChI is InChI=1S/C19H19BrN2O4S/c1-2-3-10-21-27(24,25)15-8-5-7-14(12-15)22-19(23)17-11-13-6-4-9-16(20)18(13)26-17/h4-9,11-12,21H,2-3,10H2,1H3,(H,22,23). The first-order valence-corrected chi connectivity index (χ1v) is 10.8. The number of carbonyl (C=O) groups excluding carboxylic acids is 1. The van der Waals surface area contributed by atoms with Crippen molar-refractivity contribution in [1.82, 2.24) is 4.72 Å². The highest BCUT2D eigenvalue weighted by Gasteiger charge is 2.17. The van der Waals surface area contributed by atoms with Crippen LogP contribution in [0.15, 0.2) is 62.3 Å². The quantitative estimate of drug-likeness (QED) is 0.517. The number of halogens is 1. The largest absolute Gasteiger partial charge is 0.450 e. The van der Waals surface area contributed by atoms with Gasteiger partial charge in [-0.25, -0.2) is 13.1 Å². The van der Waals surface area contributed by atoms with E-state index in [2.05, 4.69) is 26.0 Å². The minimum Gasteiger partial charge on any atom is -0.450 e. The molecule has 6 nitrogen and oxygen atoms in total. The first-order chi connectivity index (χ1) is 12.9. The van der Waals surface area contributed by atoms with Crippen LogP contribution in [0.3, 0.4) is 0 Å². The Morgan fingerprint density at radius 2 is 1.93 bits per heavy atom. The van der Waals surface area contributed by atoms with Gasteiger partial charge in [0.2, 0.25) is 10.0 Å². The van der Waals surface area contributed by atoms with Crippen LogP contribution in [-0.4, -0.2) is 20.9 Å². The molecule has 8 heteroatoms. The summed E-state index contributed by atoms with van der Waals surface area (Å²) in [5.41, 5.74) is 0.956. The summed E-state index contributed by atoms with van der Waals surface area (Å²) in [5.74, 6) is -0.308. The van der Waals surface area contributed by atoms with E-state index in [1.165, 1.54) is 12.1 Å². The van der Waals surface area contributed by atoms with Gasteiger partial charge in [-0.15, -0.1) is 0 Å². The average Bonchev–Trinajstić information content (AvgIpc) is 3.08. The van der Waals surface area contributed by atoms with E-state index in [-0.39, 0.29) is 10.7 Å². The fourth-order valence-corrected chi connectivity index (χ4v) is 4.12. The molecular formula is C19H19BrN2O4S. The number of unbranched alkanes of at least 4 members (excludes halogenated alkanes) is 1. The Balaban J connectivity index is 1.79. The summed E-state index contributed by atoms with van der Waals surface area (Å²) in [7, 11) is -3.61. The smallest absolute Gasteiger partial charge is 0.291 e. The number of benzene rings is 2. The van der Waals surface area contributed by atoms with Gasteiger partial charge in [0.1, 0.15) is 5.58 Å². The van der Waals surface area contributed by atoms with Crippen molar-refractivity contribution in [1.29, 1.82) is 0 Å². The molecule has 0 saturated heterocycles. The van der Waals surface area contributed by atoms with Crippen LogP contribution in [0.2, 0.25) is 0 Å². The Kier molecular flexibility index (Phi) is 5.98. The number of carbonyl (C=O) groups is 1. The summed E-state index contributed by atoms with van der Waals surface area (Å²) in [5, 5.41) is 3.48. The van der Waals surface area contributed by atoms with Crippen LogP contribution < -0.4 is 10.0 Å². The fourth-order valence-electron chi connectivity index (χ4n) is 2.54. The maximum absolute atomic E-state index is 12.5. The van der Waals surface area contributed by atoms with Gasteiger partial charge < -0.3 is 9.73 Å². The molecule has 0 unspecified atom stereocenters. The molecule has 2 N–H and O–H groups in total. The molecule has 3 aromatic rings. The molecule has 1 heterocycles. The third-order valence-electron chi connectivity index (χ3n) is 3.94. The van der Waals surface area contributed by atoms with Crippen molar-refractivity contribution in [2.24, 2.45) is 0 Å². The molecule has 0 radical (unpaired) electrons. The van der Waals surface area contributed by atoms with Gasteiger partial charge in [0.15, 0.2) is 5.76 Å². The molecule has 0 bridgehead atoms. The second-order valence-corrected chi connectivity index (χ2v) is 8.62. The fraction of sp³-hybridized carbons (Fsp3) is 0.211. The van der Waals surface area contributed by atoms with E-state index in [0.29, 0.717) is 17.8 Å². The van der Waals surface area contributed by atoms with E-state index in [1.54, 1.807) is 18.2 Å². The highest BCUT2D eigenvalue weighted by molar-refractivity contribution is 9.10. The van der Waals surface area contributed by atoms with E-state index >= 15 is 0 Å². The highest BCUT2D eigenvalue weighted by atomic mass is 79.9. The van der Waals surface area contributed by atoms with Crippen molar-refractivity contribution in [3.63, 3.8) is 0 Å². The number of rotatable bonds is 7. The van der Waals surface area contributed by atoms with Gasteiger partial charge >= 0.3 is 0 Å². The molecule has 1 aromatic heterocycles. The lowest BCUT2D eigenvalue weighted by atomic mass is 10.2. The molecule has 0 aliphatic rings. The lowest BCUT2D eigenvalue weighted by Crippen LogP contribution is -2.24. The van der Waals surface area contributed by atoms with Crippen LogP contribution >= 0.6 is 15.9 Å². The Labute approximate surface area is 166 Å². The molecule has 3 rings (SSSR count). The summed E-state index contributed by atoms with van der Waals surface area (Å²) >= 11 is 3.38. The number of amides is 1. The minimum absolute atomic E-state index is 0.101. The SMILES string of the molecule is CCCCNS(=O)(=O)c1cccc(NC(=O)c2cc3cccc(Br)c3o2)c1. The Hall–Kier alpha value is -2.16. The van der Waals surface area contributed by atoms with E-state index < -0.39 is 15.9 Å². The first kappa shape index (κ1) is 19.6. The molecule has 142 valence electrons. The molecule has 2 aromatic carbocycles. The van der Waals surface area contributed by atoms with Crippen LogP contribution in [0.1, 0.15) is 30.3 Å². The average molecular weight is 451 g/mol. The van der Waals surface area contributed by atoms with Crippen LogP contribution in [0, 0.1) is 0 Å². The van der Waals surface area contributed by atoms with Gasteiger partial charge in [0, 0.05) is 17.6 Å². The third-order valence-corrected chi connectivity index (χ3v) is 6.03. The minimum atomic E-state index is -3.61. The monoisotopic (exact) mass is 450 g/mol. The van der Waals surface area contributed by atoms with Crippen molar-refractivity contribution < 1.29 is 17.6 Å². The zero-order chi connectivity index (χ0) is 19.4. The zero-order valence-electron chi connectivity index (χ0n) is 14.7. The zero-order valence-corrected chi connectivity index (χ0v) is 17.1. The number of fused-ring (bicyclic) bond motifs is 1. The van der Waals surface area contributed by atoms with Gasteiger partial charge in [-0.05, 0) is 52.7 Å².